The molecule has 3 rings (SSSR count). The first kappa shape index (κ1) is 21.1. The molecule has 0 spiro atoms. The van der Waals surface area contributed by atoms with E-state index in [4.69, 9.17) is 27.9 Å². The number of amides is 1. The zero-order valence-corrected chi connectivity index (χ0v) is 17.7. The largest absolute Gasteiger partial charge is 0.483 e. The third kappa shape index (κ3) is 5.28. The van der Waals surface area contributed by atoms with Crippen LogP contribution in [0.25, 0.3) is 10.9 Å². The molecule has 1 amide bonds. The lowest BCUT2D eigenvalue weighted by molar-refractivity contribution is -0.134. The highest BCUT2D eigenvalue weighted by Crippen LogP contribution is 2.22. The van der Waals surface area contributed by atoms with Crippen LogP contribution in [0.3, 0.4) is 0 Å². The van der Waals surface area contributed by atoms with E-state index in [1.807, 2.05) is 13.8 Å². The number of H-pyrrole nitrogens is 1. The van der Waals surface area contributed by atoms with Gasteiger partial charge in [-0.15, -0.1) is 0 Å². The third-order valence-corrected chi connectivity index (χ3v) is 4.86. The number of nitrogens with zero attached hydrogens (tertiary/aromatic N) is 2. The summed E-state index contributed by atoms with van der Waals surface area (Å²) in [4.78, 5) is 33.9. The lowest BCUT2D eigenvalue weighted by atomic mass is 10.2. The highest BCUT2D eigenvalue weighted by Gasteiger charge is 2.16. The Kier molecular flexibility index (Phi) is 6.77. The first-order chi connectivity index (χ1) is 13.9. The molecule has 6 nitrogen and oxygen atoms in total. The quantitative estimate of drug-likeness (QED) is 0.600. The van der Waals surface area contributed by atoms with Gasteiger partial charge in [-0.1, -0.05) is 30.1 Å². The topological polar surface area (TPSA) is 75.3 Å². The van der Waals surface area contributed by atoms with Crippen molar-refractivity contribution in [2.45, 2.75) is 26.8 Å². The van der Waals surface area contributed by atoms with Gasteiger partial charge in [0.1, 0.15) is 11.6 Å². The van der Waals surface area contributed by atoms with Crippen LogP contribution in [0.4, 0.5) is 0 Å². The smallest absolute Gasteiger partial charge is 0.260 e. The molecule has 0 saturated heterocycles. The van der Waals surface area contributed by atoms with E-state index in [1.54, 1.807) is 41.3 Å². The molecule has 2 aromatic carbocycles. The maximum Gasteiger partial charge on any atom is 0.260 e. The SMILES string of the molecule is CCCN(Cc1nc2cc(Cl)ccc2c(=O)[nH]1)C(=O)COc1ccc(Cl)cc1C. The van der Waals surface area contributed by atoms with Crippen LogP contribution in [0.5, 0.6) is 5.75 Å². The van der Waals surface area contributed by atoms with Crippen LogP contribution in [0.1, 0.15) is 24.7 Å². The molecule has 0 bridgehead atoms. The van der Waals surface area contributed by atoms with Crippen LogP contribution < -0.4 is 10.3 Å². The van der Waals surface area contributed by atoms with Gasteiger partial charge in [0.2, 0.25) is 0 Å². The van der Waals surface area contributed by atoms with Gasteiger partial charge in [0.05, 0.1) is 17.4 Å². The molecular weight excluding hydrogens is 413 g/mol. The van der Waals surface area contributed by atoms with Crippen LogP contribution in [0.2, 0.25) is 10.0 Å². The number of hydrogen-bond donors (Lipinski definition) is 1. The van der Waals surface area contributed by atoms with Crippen molar-refractivity contribution in [2.24, 2.45) is 0 Å². The summed E-state index contributed by atoms with van der Waals surface area (Å²) < 4.78 is 5.67. The van der Waals surface area contributed by atoms with Crippen LogP contribution in [-0.4, -0.2) is 33.9 Å². The molecule has 0 aliphatic rings. The fraction of sp³-hybridized carbons (Fsp3) is 0.286. The Morgan fingerprint density at radius 2 is 1.90 bits per heavy atom. The molecule has 1 aromatic heterocycles. The van der Waals surface area contributed by atoms with Crippen molar-refractivity contribution in [3.05, 3.63) is 68.2 Å². The minimum Gasteiger partial charge on any atom is -0.483 e. The predicted molar refractivity (Wildman–Crippen MR) is 115 cm³/mol. The van der Waals surface area contributed by atoms with Gasteiger partial charge in [-0.3, -0.25) is 9.59 Å². The Labute approximate surface area is 178 Å². The Balaban J connectivity index is 1.76. The summed E-state index contributed by atoms with van der Waals surface area (Å²) in [5.41, 5.74) is 1.08. The second-order valence-corrected chi connectivity index (χ2v) is 7.56. The van der Waals surface area contributed by atoms with Gasteiger partial charge in [0.25, 0.3) is 11.5 Å². The maximum atomic E-state index is 12.7. The number of hydrogen-bond acceptors (Lipinski definition) is 4. The molecule has 1 heterocycles. The summed E-state index contributed by atoms with van der Waals surface area (Å²) in [6.07, 6.45) is 0.759. The normalized spacial score (nSPS) is 10.9. The van der Waals surface area contributed by atoms with Crippen LogP contribution in [0.15, 0.2) is 41.2 Å². The van der Waals surface area contributed by atoms with E-state index in [2.05, 4.69) is 9.97 Å². The number of nitrogens with one attached hydrogen (secondary N) is 1. The minimum absolute atomic E-state index is 0.119. The van der Waals surface area contributed by atoms with E-state index in [1.165, 1.54) is 0 Å². The summed E-state index contributed by atoms with van der Waals surface area (Å²) >= 11 is 12.0. The van der Waals surface area contributed by atoms with E-state index in [0.717, 1.165) is 12.0 Å². The van der Waals surface area contributed by atoms with Crippen LogP contribution in [-0.2, 0) is 11.3 Å². The monoisotopic (exact) mass is 433 g/mol. The van der Waals surface area contributed by atoms with Gasteiger partial charge < -0.3 is 14.6 Å². The van der Waals surface area contributed by atoms with Gasteiger partial charge >= 0.3 is 0 Å². The van der Waals surface area contributed by atoms with E-state index >= 15 is 0 Å². The average molecular weight is 434 g/mol. The summed E-state index contributed by atoms with van der Waals surface area (Å²) in [6.45, 7) is 4.41. The van der Waals surface area contributed by atoms with Crippen molar-refractivity contribution in [2.75, 3.05) is 13.2 Å². The molecule has 0 unspecified atom stereocenters. The number of aryl methyl sites for hydroxylation is 1. The van der Waals surface area contributed by atoms with E-state index in [9.17, 15) is 9.59 Å². The Morgan fingerprint density at radius 1 is 1.17 bits per heavy atom. The molecule has 0 saturated carbocycles. The zero-order chi connectivity index (χ0) is 21.0. The molecule has 8 heteroatoms. The van der Waals surface area contributed by atoms with Crippen molar-refractivity contribution in [3.8, 4) is 5.75 Å². The molecule has 152 valence electrons. The standard InChI is InChI=1S/C21H21Cl2N3O3/c1-3-8-26(20(27)12-29-18-7-5-14(22)9-13(18)2)11-19-24-17-10-15(23)4-6-16(17)21(28)25-19/h4-7,9-10H,3,8,11-12H2,1-2H3,(H,24,25,28). The molecule has 0 aliphatic carbocycles. The first-order valence-electron chi connectivity index (χ1n) is 9.22. The van der Waals surface area contributed by atoms with E-state index in [0.29, 0.717) is 39.1 Å². The fourth-order valence-corrected chi connectivity index (χ4v) is 3.38. The number of ether oxygens (including phenoxy) is 1. The number of aromatic amines is 1. The lowest BCUT2D eigenvalue weighted by Gasteiger charge is -2.22. The highest BCUT2D eigenvalue weighted by molar-refractivity contribution is 6.31. The average Bonchev–Trinajstić information content (AvgIpc) is 2.66. The van der Waals surface area contributed by atoms with Crippen molar-refractivity contribution < 1.29 is 9.53 Å². The second-order valence-electron chi connectivity index (χ2n) is 6.69. The summed E-state index contributed by atoms with van der Waals surface area (Å²) in [6, 6.07) is 10.1. The van der Waals surface area contributed by atoms with Crippen molar-refractivity contribution in [1.82, 2.24) is 14.9 Å². The maximum absolute atomic E-state index is 12.7. The number of benzene rings is 2. The molecule has 0 fully saturated rings. The van der Waals surface area contributed by atoms with Crippen molar-refractivity contribution >= 4 is 40.0 Å². The van der Waals surface area contributed by atoms with Crippen molar-refractivity contribution in [1.29, 1.82) is 0 Å². The number of carbonyl (C=O) groups is 1. The third-order valence-electron chi connectivity index (χ3n) is 4.39. The Bertz CT molecular complexity index is 1100. The number of rotatable bonds is 7. The number of aromatic nitrogens is 2. The van der Waals surface area contributed by atoms with E-state index in [-0.39, 0.29) is 24.6 Å². The molecule has 0 aliphatic heterocycles. The summed E-state index contributed by atoms with van der Waals surface area (Å²) in [5.74, 6) is 0.801. The molecule has 29 heavy (non-hydrogen) atoms. The Morgan fingerprint density at radius 3 is 2.62 bits per heavy atom. The molecule has 0 radical (unpaired) electrons. The number of carbonyl (C=O) groups excluding carboxylic acids is 1. The van der Waals surface area contributed by atoms with Crippen LogP contribution in [0, 0.1) is 6.92 Å². The van der Waals surface area contributed by atoms with Gasteiger partial charge in [0, 0.05) is 16.6 Å². The molecular formula is C21H21Cl2N3O3. The zero-order valence-electron chi connectivity index (χ0n) is 16.2. The molecule has 0 atom stereocenters. The van der Waals surface area contributed by atoms with Gasteiger partial charge in [-0.2, -0.15) is 0 Å². The number of halogens is 2. The van der Waals surface area contributed by atoms with Crippen molar-refractivity contribution in [3.63, 3.8) is 0 Å². The molecule has 1 N–H and O–H groups in total. The first-order valence-corrected chi connectivity index (χ1v) is 9.98. The number of fused-ring (bicyclic) bond motifs is 1. The van der Waals surface area contributed by atoms with Gasteiger partial charge in [0.15, 0.2) is 6.61 Å². The lowest BCUT2D eigenvalue weighted by Crippen LogP contribution is -2.36. The van der Waals surface area contributed by atoms with E-state index < -0.39 is 0 Å². The minimum atomic E-state index is -0.265. The van der Waals surface area contributed by atoms with Crippen LogP contribution >= 0.6 is 23.2 Å². The summed E-state index contributed by atoms with van der Waals surface area (Å²) in [5, 5.41) is 1.56. The van der Waals surface area contributed by atoms with Gasteiger partial charge in [-0.25, -0.2) is 4.98 Å². The fourth-order valence-electron chi connectivity index (χ4n) is 2.98. The predicted octanol–water partition coefficient (Wildman–Crippen LogP) is 4.36. The Hall–Kier alpha value is -2.57. The molecule has 3 aromatic rings. The second kappa shape index (κ2) is 9.29. The van der Waals surface area contributed by atoms with Gasteiger partial charge in [-0.05, 0) is 55.3 Å². The highest BCUT2D eigenvalue weighted by atomic mass is 35.5. The summed E-state index contributed by atoms with van der Waals surface area (Å²) in [7, 11) is 0.